The highest BCUT2D eigenvalue weighted by Crippen LogP contribution is 2.43. The molecule has 0 saturated carbocycles. The van der Waals surface area contributed by atoms with Crippen molar-refractivity contribution in [3.05, 3.63) is 156 Å². The summed E-state index contributed by atoms with van der Waals surface area (Å²) in [4.78, 5) is 5.36. The van der Waals surface area contributed by atoms with Crippen molar-refractivity contribution in [2.75, 3.05) is 0 Å². The Bertz CT molecular complexity index is 2210. The molecular formula is C41H30N2S. The summed E-state index contributed by atoms with van der Waals surface area (Å²) in [6.07, 6.45) is 0. The van der Waals surface area contributed by atoms with E-state index in [2.05, 4.69) is 163 Å². The van der Waals surface area contributed by atoms with Gasteiger partial charge in [0.2, 0.25) is 0 Å². The van der Waals surface area contributed by atoms with Crippen molar-refractivity contribution in [2.24, 2.45) is 0 Å². The summed E-state index contributed by atoms with van der Waals surface area (Å²) in [6.45, 7) is 4.40. The molecule has 210 valence electrons. The molecule has 0 N–H and O–H groups in total. The molecule has 0 fully saturated rings. The molecule has 0 bridgehead atoms. The first-order valence-electron chi connectivity index (χ1n) is 15.0. The second-order valence-electron chi connectivity index (χ2n) is 11.3. The largest absolute Gasteiger partial charge is 0.291 e. The second kappa shape index (κ2) is 10.8. The molecule has 2 aromatic heterocycles. The lowest BCUT2D eigenvalue weighted by Crippen LogP contribution is -2.03. The van der Waals surface area contributed by atoms with Crippen molar-refractivity contribution in [3.63, 3.8) is 0 Å². The molecule has 0 saturated heterocycles. The van der Waals surface area contributed by atoms with E-state index in [1.54, 1.807) is 11.3 Å². The Kier molecular flexibility index (Phi) is 6.47. The van der Waals surface area contributed by atoms with Crippen LogP contribution >= 0.6 is 11.3 Å². The smallest absolute Gasteiger partial charge is 0.147 e. The van der Waals surface area contributed by atoms with Gasteiger partial charge in [-0.15, -0.1) is 11.3 Å². The number of para-hydroxylation sites is 3. The van der Waals surface area contributed by atoms with Crippen molar-refractivity contribution in [3.8, 4) is 50.5 Å². The van der Waals surface area contributed by atoms with Crippen LogP contribution < -0.4 is 0 Å². The van der Waals surface area contributed by atoms with E-state index in [4.69, 9.17) is 4.98 Å². The zero-order valence-corrected chi connectivity index (χ0v) is 25.5. The fourth-order valence-electron chi connectivity index (χ4n) is 6.55. The minimum atomic E-state index is 0.955. The van der Waals surface area contributed by atoms with Gasteiger partial charge >= 0.3 is 0 Å². The molecule has 8 aromatic rings. The topological polar surface area (TPSA) is 17.8 Å². The van der Waals surface area contributed by atoms with E-state index in [1.807, 2.05) is 0 Å². The van der Waals surface area contributed by atoms with Crippen molar-refractivity contribution in [2.45, 2.75) is 13.8 Å². The number of aryl methyl sites for hydroxylation is 2. The molecule has 0 radical (unpaired) electrons. The quantitative estimate of drug-likeness (QED) is 0.197. The van der Waals surface area contributed by atoms with Gasteiger partial charge in [-0.3, -0.25) is 4.57 Å². The standard InChI is InChI=1S/C41H30N2S/c1-27-13-11-14-28(2)39(27)31-23-24-38-34(25-31)35(26-44-38)41-42-36-21-9-10-22-37(36)43(41)40-32(29-15-5-3-6-16-29)19-12-20-33(40)30-17-7-4-8-18-30/h3-26H,1-2H3. The maximum absolute atomic E-state index is 5.36. The van der Waals surface area contributed by atoms with Gasteiger partial charge in [-0.05, 0) is 71.5 Å². The molecule has 0 aliphatic carbocycles. The third-order valence-electron chi connectivity index (χ3n) is 8.57. The van der Waals surface area contributed by atoms with Crippen LogP contribution in [0.1, 0.15) is 11.1 Å². The SMILES string of the molecule is Cc1cccc(C)c1-c1ccc2scc(-c3nc4ccccc4n3-c3c(-c4ccccc4)cccc3-c3ccccc3)c2c1. The van der Waals surface area contributed by atoms with Gasteiger partial charge in [0.15, 0.2) is 0 Å². The van der Waals surface area contributed by atoms with Crippen molar-refractivity contribution < 1.29 is 0 Å². The van der Waals surface area contributed by atoms with Gasteiger partial charge in [-0.1, -0.05) is 115 Å². The van der Waals surface area contributed by atoms with Gasteiger partial charge < -0.3 is 0 Å². The highest BCUT2D eigenvalue weighted by molar-refractivity contribution is 7.17. The molecule has 44 heavy (non-hydrogen) atoms. The van der Waals surface area contributed by atoms with Gasteiger partial charge in [0.1, 0.15) is 5.82 Å². The predicted molar refractivity (Wildman–Crippen MR) is 188 cm³/mol. The van der Waals surface area contributed by atoms with Gasteiger partial charge in [0.25, 0.3) is 0 Å². The molecular weight excluding hydrogens is 553 g/mol. The van der Waals surface area contributed by atoms with E-state index in [-0.39, 0.29) is 0 Å². The summed E-state index contributed by atoms with van der Waals surface area (Å²) in [5, 5.41) is 3.51. The summed E-state index contributed by atoms with van der Waals surface area (Å²) in [5.74, 6) is 0.955. The Morgan fingerprint density at radius 2 is 1.16 bits per heavy atom. The average molecular weight is 583 g/mol. The number of fused-ring (bicyclic) bond motifs is 2. The number of thiophene rings is 1. The monoisotopic (exact) mass is 582 g/mol. The maximum Gasteiger partial charge on any atom is 0.147 e. The Balaban J connectivity index is 1.46. The maximum atomic E-state index is 5.36. The molecule has 0 aliphatic heterocycles. The van der Waals surface area contributed by atoms with Crippen LogP contribution in [0.2, 0.25) is 0 Å². The van der Waals surface area contributed by atoms with Crippen LogP contribution in [0, 0.1) is 13.8 Å². The van der Waals surface area contributed by atoms with Gasteiger partial charge in [0, 0.05) is 32.2 Å². The number of aromatic nitrogens is 2. The molecule has 0 aliphatic rings. The molecule has 3 heteroatoms. The van der Waals surface area contributed by atoms with E-state index in [1.165, 1.54) is 54.6 Å². The average Bonchev–Trinajstić information content (AvgIpc) is 3.66. The van der Waals surface area contributed by atoms with Crippen LogP contribution in [0.15, 0.2) is 145 Å². The lowest BCUT2D eigenvalue weighted by atomic mass is 9.94. The molecule has 6 aromatic carbocycles. The minimum absolute atomic E-state index is 0.955. The molecule has 8 rings (SSSR count). The molecule has 0 unspecified atom stereocenters. The van der Waals surface area contributed by atoms with Crippen LogP contribution in [0.4, 0.5) is 0 Å². The first kappa shape index (κ1) is 26.4. The first-order valence-corrected chi connectivity index (χ1v) is 15.9. The number of hydrogen-bond donors (Lipinski definition) is 0. The fraction of sp³-hybridized carbons (Fsp3) is 0.0488. The van der Waals surface area contributed by atoms with Crippen LogP contribution in [0.3, 0.4) is 0 Å². The lowest BCUT2D eigenvalue weighted by Gasteiger charge is -2.19. The molecule has 2 nitrogen and oxygen atoms in total. The summed E-state index contributed by atoms with van der Waals surface area (Å²) in [5.41, 5.74) is 14.2. The number of hydrogen-bond acceptors (Lipinski definition) is 2. The van der Waals surface area contributed by atoms with Crippen molar-refractivity contribution in [1.82, 2.24) is 9.55 Å². The van der Waals surface area contributed by atoms with Crippen molar-refractivity contribution >= 4 is 32.5 Å². The van der Waals surface area contributed by atoms with E-state index in [0.717, 1.165) is 28.1 Å². The predicted octanol–water partition coefficient (Wildman–Crippen LogP) is 11.5. The van der Waals surface area contributed by atoms with Crippen LogP contribution in [0.5, 0.6) is 0 Å². The third kappa shape index (κ3) is 4.36. The number of rotatable bonds is 5. The summed E-state index contributed by atoms with van der Waals surface area (Å²) < 4.78 is 3.65. The Morgan fingerprint density at radius 3 is 1.84 bits per heavy atom. The van der Waals surface area contributed by atoms with Crippen molar-refractivity contribution in [1.29, 1.82) is 0 Å². The lowest BCUT2D eigenvalue weighted by molar-refractivity contribution is 1.11. The van der Waals surface area contributed by atoms with E-state index in [0.29, 0.717) is 0 Å². The Morgan fingerprint density at radius 1 is 0.545 bits per heavy atom. The minimum Gasteiger partial charge on any atom is -0.291 e. The van der Waals surface area contributed by atoms with Gasteiger partial charge in [-0.2, -0.15) is 0 Å². The Labute approximate surface area is 261 Å². The number of nitrogens with zero attached hydrogens (tertiary/aromatic N) is 2. The first-order chi connectivity index (χ1) is 21.7. The fourth-order valence-corrected chi connectivity index (χ4v) is 7.47. The number of imidazole rings is 1. The molecule has 0 atom stereocenters. The highest BCUT2D eigenvalue weighted by atomic mass is 32.1. The van der Waals surface area contributed by atoms with Crippen LogP contribution in [-0.2, 0) is 0 Å². The summed E-state index contributed by atoms with van der Waals surface area (Å²) in [6, 6.07) is 50.0. The molecule has 2 heterocycles. The van der Waals surface area contributed by atoms with Crippen LogP contribution in [-0.4, -0.2) is 9.55 Å². The summed E-state index contributed by atoms with van der Waals surface area (Å²) in [7, 11) is 0. The van der Waals surface area contributed by atoms with E-state index < -0.39 is 0 Å². The summed E-state index contributed by atoms with van der Waals surface area (Å²) >= 11 is 1.78. The normalized spacial score (nSPS) is 11.4. The van der Waals surface area contributed by atoms with Gasteiger partial charge in [-0.25, -0.2) is 4.98 Å². The van der Waals surface area contributed by atoms with E-state index in [9.17, 15) is 0 Å². The second-order valence-corrected chi connectivity index (χ2v) is 12.2. The molecule has 0 spiro atoms. The highest BCUT2D eigenvalue weighted by Gasteiger charge is 2.23. The molecule has 0 amide bonds. The van der Waals surface area contributed by atoms with E-state index >= 15 is 0 Å². The number of benzene rings is 6. The Hall–Kier alpha value is -5.25. The van der Waals surface area contributed by atoms with Gasteiger partial charge in [0.05, 0.1) is 16.7 Å². The van der Waals surface area contributed by atoms with Crippen LogP contribution in [0.25, 0.3) is 71.6 Å². The zero-order chi connectivity index (χ0) is 29.6. The third-order valence-corrected chi connectivity index (χ3v) is 9.54. The zero-order valence-electron chi connectivity index (χ0n) is 24.7.